The number of rotatable bonds is 4. The zero-order chi connectivity index (χ0) is 12.3. The molecule has 0 radical (unpaired) electrons. The number of carbonyl (C=O) groups is 2. The number of pyridine rings is 1. The molecular formula is C13H11NO2S. The molecule has 0 aliphatic heterocycles. The summed E-state index contributed by atoms with van der Waals surface area (Å²) in [4.78, 5) is 28.2. The van der Waals surface area contributed by atoms with Gasteiger partial charge in [0.25, 0.3) is 0 Å². The number of Topliss-reactive ketones (excluding diaryl/α,β-unsaturated/α-hetero) is 1. The summed E-state index contributed by atoms with van der Waals surface area (Å²) in [5.74, 6) is 0.00514. The minimum Gasteiger partial charge on any atom is -0.297 e. The van der Waals surface area contributed by atoms with Crippen molar-refractivity contribution in [3.63, 3.8) is 0 Å². The molecule has 4 heteroatoms. The Balaban J connectivity index is 2.20. The second kappa shape index (κ2) is 5.01. The largest absolute Gasteiger partial charge is 0.297 e. The third kappa shape index (κ3) is 2.65. The molecule has 2 rings (SSSR count). The average molecular weight is 245 g/mol. The SMILES string of the molecule is Cc1sc(C=O)cc1C(=O)Cc1ccccn1. The van der Waals surface area contributed by atoms with Crippen LogP contribution in [0.1, 0.15) is 30.6 Å². The van der Waals surface area contributed by atoms with Crippen LogP contribution in [0, 0.1) is 6.92 Å². The molecule has 0 unspecified atom stereocenters. The van der Waals surface area contributed by atoms with Gasteiger partial charge >= 0.3 is 0 Å². The molecular weight excluding hydrogens is 234 g/mol. The summed E-state index contributed by atoms with van der Waals surface area (Å²) in [6, 6.07) is 7.14. The molecule has 0 aliphatic rings. The zero-order valence-electron chi connectivity index (χ0n) is 9.34. The molecule has 3 nitrogen and oxygen atoms in total. The zero-order valence-corrected chi connectivity index (χ0v) is 10.2. The Labute approximate surface area is 103 Å². The van der Waals surface area contributed by atoms with Gasteiger partial charge in [-0.3, -0.25) is 14.6 Å². The van der Waals surface area contributed by atoms with Gasteiger partial charge in [-0.2, -0.15) is 0 Å². The van der Waals surface area contributed by atoms with Gasteiger partial charge < -0.3 is 0 Å². The summed E-state index contributed by atoms with van der Waals surface area (Å²) < 4.78 is 0. The van der Waals surface area contributed by atoms with Crippen LogP contribution in [0.4, 0.5) is 0 Å². The highest BCUT2D eigenvalue weighted by Crippen LogP contribution is 2.21. The second-order valence-electron chi connectivity index (χ2n) is 3.66. The first-order valence-corrected chi connectivity index (χ1v) is 6.01. The Bertz CT molecular complexity index is 546. The number of carbonyl (C=O) groups excluding carboxylic acids is 2. The summed E-state index contributed by atoms with van der Waals surface area (Å²) in [5, 5.41) is 0. The van der Waals surface area contributed by atoms with Gasteiger partial charge in [-0.25, -0.2) is 0 Å². The molecule has 0 amide bonds. The van der Waals surface area contributed by atoms with Gasteiger partial charge in [0.15, 0.2) is 12.1 Å². The fourth-order valence-corrected chi connectivity index (χ4v) is 2.46. The van der Waals surface area contributed by atoms with Crippen LogP contribution in [0.15, 0.2) is 30.5 Å². The lowest BCUT2D eigenvalue weighted by Crippen LogP contribution is -2.04. The van der Waals surface area contributed by atoms with Gasteiger partial charge in [0.05, 0.1) is 11.3 Å². The van der Waals surface area contributed by atoms with E-state index in [4.69, 9.17) is 0 Å². The summed E-state index contributed by atoms with van der Waals surface area (Å²) in [6.45, 7) is 1.85. The molecule has 0 bridgehead atoms. The van der Waals surface area contributed by atoms with E-state index in [1.807, 2.05) is 25.1 Å². The maximum atomic E-state index is 12.0. The third-order valence-electron chi connectivity index (χ3n) is 2.42. The van der Waals surface area contributed by atoms with Crippen molar-refractivity contribution in [2.24, 2.45) is 0 Å². The van der Waals surface area contributed by atoms with E-state index in [9.17, 15) is 9.59 Å². The Morgan fingerprint density at radius 2 is 2.29 bits per heavy atom. The number of hydrogen-bond acceptors (Lipinski definition) is 4. The van der Waals surface area contributed by atoms with Gasteiger partial charge in [0, 0.05) is 22.3 Å². The van der Waals surface area contributed by atoms with Crippen LogP contribution >= 0.6 is 11.3 Å². The highest BCUT2D eigenvalue weighted by molar-refractivity contribution is 7.13. The molecule has 86 valence electrons. The Kier molecular flexibility index (Phi) is 3.44. The van der Waals surface area contributed by atoms with Crippen LogP contribution in [0.2, 0.25) is 0 Å². The van der Waals surface area contributed by atoms with E-state index in [1.165, 1.54) is 11.3 Å². The second-order valence-corrected chi connectivity index (χ2v) is 4.95. The predicted molar refractivity (Wildman–Crippen MR) is 66.7 cm³/mol. The molecule has 2 aromatic heterocycles. The van der Waals surface area contributed by atoms with Crippen molar-refractivity contribution >= 4 is 23.4 Å². The number of aryl methyl sites for hydroxylation is 1. The van der Waals surface area contributed by atoms with Gasteiger partial charge in [-0.15, -0.1) is 11.3 Å². The van der Waals surface area contributed by atoms with Crippen LogP contribution in [-0.2, 0) is 6.42 Å². The van der Waals surface area contributed by atoms with E-state index < -0.39 is 0 Å². The number of aldehydes is 1. The van der Waals surface area contributed by atoms with Crippen molar-refractivity contribution in [2.45, 2.75) is 13.3 Å². The molecule has 0 spiro atoms. The van der Waals surface area contributed by atoms with Crippen molar-refractivity contribution < 1.29 is 9.59 Å². The first kappa shape index (κ1) is 11.7. The van der Waals surface area contributed by atoms with E-state index in [0.717, 1.165) is 16.9 Å². The number of aromatic nitrogens is 1. The Morgan fingerprint density at radius 3 is 2.88 bits per heavy atom. The molecule has 17 heavy (non-hydrogen) atoms. The fourth-order valence-electron chi connectivity index (χ4n) is 1.60. The van der Waals surface area contributed by atoms with Crippen LogP contribution in [-0.4, -0.2) is 17.1 Å². The van der Waals surface area contributed by atoms with Crippen LogP contribution in [0.5, 0.6) is 0 Å². The molecule has 0 aromatic carbocycles. The normalized spacial score (nSPS) is 10.2. The first-order chi connectivity index (χ1) is 8.20. The summed E-state index contributed by atoms with van der Waals surface area (Å²) in [6.07, 6.45) is 2.71. The molecule has 2 heterocycles. The average Bonchev–Trinajstić information content (AvgIpc) is 2.72. The molecule has 0 N–H and O–H groups in total. The first-order valence-electron chi connectivity index (χ1n) is 5.19. The molecule has 0 fully saturated rings. The summed E-state index contributed by atoms with van der Waals surface area (Å²) in [7, 11) is 0. The molecule has 0 atom stereocenters. The number of thiophene rings is 1. The van der Waals surface area contributed by atoms with E-state index in [1.54, 1.807) is 12.3 Å². The number of hydrogen-bond donors (Lipinski definition) is 0. The topological polar surface area (TPSA) is 47.0 Å². The summed E-state index contributed by atoms with van der Waals surface area (Å²) >= 11 is 1.34. The van der Waals surface area contributed by atoms with Crippen molar-refractivity contribution in [3.8, 4) is 0 Å². The highest BCUT2D eigenvalue weighted by atomic mass is 32.1. The van der Waals surface area contributed by atoms with Gasteiger partial charge in [-0.05, 0) is 25.1 Å². The van der Waals surface area contributed by atoms with Crippen LogP contribution < -0.4 is 0 Å². The van der Waals surface area contributed by atoms with E-state index in [-0.39, 0.29) is 12.2 Å². The maximum absolute atomic E-state index is 12.0. The highest BCUT2D eigenvalue weighted by Gasteiger charge is 2.13. The lowest BCUT2D eigenvalue weighted by atomic mass is 10.1. The van der Waals surface area contributed by atoms with Crippen LogP contribution in [0.25, 0.3) is 0 Å². The molecule has 0 saturated carbocycles. The van der Waals surface area contributed by atoms with Gasteiger partial charge in [-0.1, -0.05) is 6.07 Å². The monoisotopic (exact) mass is 245 g/mol. The number of ketones is 1. The van der Waals surface area contributed by atoms with E-state index >= 15 is 0 Å². The quantitative estimate of drug-likeness (QED) is 0.614. The van der Waals surface area contributed by atoms with Gasteiger partial charge in [0.1, 0.15) is 0 Å². The Hall–Kier alpha value is -1.81. The third-order valence-corrected chi connectivity index (χ3v) is 3.40. The molecule has 2 aromatic rings. The van der Waals surface area contributed by atoms with E-state index in [2.05, 4.69) is 4.98 Å². The fraction of sp³-hybridized carbons (Fsp3) is 0.154. The van der Waals surface area contributed by atoms with Crippen molar-refractivity contribution in [1.82, 2.24) is 4.98 Å². The molecule has 0 saturated heterocycles. The van der Waals surface area contributed by atoms with Crippen molar-refractivity contribution in [1.29, 1.82) is 0 Å². The lowest BCUT2D eigenvalue weighted by Gasteiger charge is -1.99. The Morgan fingerprint density at radius 1 is 1.47 bits per heavy atom. The smallest absolute Gasteiger partial charge is 0.169 e. The van der Waals surface area contributed by atoms with Crippen LogP contribution in [0.3, 0.4) is 0 Å². The standard InChI is InChI=1S/C13H11NO2S/c1-9-12(7-11(8-15)17-9)13(16)6-10-4-2-3-5-14-10/h2-5,7-8H,6H2,1H3. The predicted octanol–water partition coefficient (Wildman–Crippen LogP) is 2.69. The van der Waals surface area contributed by atoms with Crippen molar-refractivity contribution in [3.05, 3.63) is 51.5 Å². The van der Waals surface area contributed by atoms with Gasteiger partial charge in [0.2, 0.25) is 0 Å². The minimum atomic E-state index is 0.00514. The minimum absolute atomic E-state index is 0.00514. The van der Waals surface area contributed by atoms with Crippen molar-refractivity contribution in [2.75, 3.05) is 0 Å². The van der Waals surface area contributed by atoms with E-state index in [0.29, 0.717) is 10.4 Å². The number of nitrogens with zero attached hydrogens (tertiary/aromatic N) is 1. The lowest BCUT2D eigenvalue weighted by molar-refractivity contribution is 0.0992. The maximum Gasteiger partial charge on any atom is 0.169 e. The molecule has 0 aliphatic carbocycles. The summed E-state index contributed by atoms with van der Waals surface area (Å²) in [5.41, 5.74) is 1.37.